The second-order valence-electron chi connectivity index (χ2n) is 8.30. The van der Waals surface area contributed by atoms with Crippen LogP contribution in [0.25, 0.3) is 0 Å². The molecule has 1 aromatic heterocycles. The molecule has 2 unspecified atom stereocenters. The molecule has 0 amide bonds. The van der Waals surface area contributed by atoms with Gasteiger partial charge in [-0.1, -0.05) is 6.07 Å². The minimum atomic E-state index is 0. The molecule has 3 rings (SSSR count). The molecule has 7 heteroatoms. The van der Waals surface area contributed by atoms with Crippen molar-refractivity contribution in [1.82, 2.24) is 15.1 Å². The Morgan fingerprint density at radius 3 is 2.83 bits per heavy atom. The number of piperidine rings is 1. The van der Waals surface area contributed by atoms with E-state index < -0.39 is 0 Å². The van der Waals surface area contributed by atoms with Crippen LogP contribution in [0.2, 0.25) is 0 Å². The predicted molar refractivity (Wildman–Crippen MR) is 135 cm³/mol. The van der Waals surface area contributed by atoms with Crippen molar-refractivity contribution >= 4 is 41.3 Å². The lowest BCUT2D eigenvalue weighted by Gasteiger charge is -2.38. The topological polar surface area (TPSA) is 40.1 Å². The van der Waals surface area contributed by atoms with E-state index in [1.54, 1.807) is 0 Å². The SMILES string of the molecule is CCNC(=NCC1CCCN(C)C1c1cccs1)N(C)CCC1CCOCC1.I. The maximum atomic E-state index is 5.49. The zero-order valence-electron chi connectivity index (χ0n) is 18.3. The minimum Gasteiger partial charge on any atom is -0.381 e. The molecular formula is C22H39IN4OS. The molecule has 2 fully saturated rings. The molecule has 0 aliphatic carbocycles. The highest BCUT2D eigenvalue weighted by atomic mass is 127. The maximum absolute atomic E-state index is 5.49. The highest BCUT2D eigenvalue weighted by molar-refractivity contribution is 14.0. The lowest BCUT2D eigenvalue weighted by atomic mass is 9.88. The van der Waals surface area contributed by atoms with Crippen LogP contribution in [0.15, 0.2) is 22.5 Å². The van der Waals surface area contributed by atoms with E-state index >= 15 is 0 Å². The lowest BCUT2D eigenvalue weighted by molar-refractivity contribution is 0.0625. The number of ether oxygens (including phenoxy) is 1. The summed E-state index contributed by atoms with van der Waals surface area (Å²) in [6.45, 7) is 8.09. The van der Waals surface area contributed by atoms with Gasteiger partial charge in [-0.25, -0.2) is 0 Å². The summed E-state index contributed by atoms with van der Waals surface area (Å²) in [7, 11) is 4.45. The van der Waals surface area contributed by atoms with Crippen LogP contribution in [-0.2, 0) is 4.74 Å². The predicted octanol–water partition coefficient (Wildman–Crippen LogP) is 4.46. The van der Waals surface area contributed by atoms with Gasteiger partial charge in [0.1, 0.15) is 0 Å². The molecule has 2 saturated heterocycles. The van der Waals surface area contributed by atoms with Gasteiger partial charge in [0.15, 0.2) is 5.96 Å². The fraction of sp³-hybridized carbons (Fsp3) is 0.773. The molecule has 0 spiro atoms. The second kappa shape index (κ2) is 13.1. The van der Waals surface area contributed by atoms with Gasteiger partial charge in [-0.05, 0) is 75.9 Å². The third-order valence-corrected chi connectivity index (χ3v) is 7.17. The number of hydrogen-bond acceptors (Lipinski definition) is 4. The fourth-order valence-electron chi connectivity index (χ4n) is 4.55. The molecule has 3 heterocycles. The Hall–Kier alpha value is -0.380. The molecule has 2 aliphatic rings. The molecule has 29 heavy (non-hydrogen) atoms. The van der Waals surface area contributed by atoms with E-state index in [-0.39, 0.29) is 24.0 Å². The summed E-state index contributed by atoms with van der Waals surface area (Å²) >= 11 is 1.89. The molecule has 0 aromatic carbocycles. The van der Waals surface area contributed by atoms with Gasteiger partial charge in [-0.15, -0.1) is 35.3 Å². The Bertz CT molecular complexity index is 592. The summed E-state index contributed by atoms with van der Waals surface area (Å²) in [5.74, 6) is 2.46. The van der Waals surface area contributed by atoms with E-state index in [0.717, 1.165) is 44.7 Å². The molecule has 0 radical (unpaired) electrons. The van der Waals surface area contributed by atoms with Gasteiger partial charge in [-0.3, -0.25) is 9.89 Å². The molecular weight excluding hydrogens is 495 g/mol. The summed E-state index contributed by atoms with van der Waals surface area (Å²) in [6.07, 6.45) is 6.18. The zero-order chi connectivity index (χ0) is 19.8. The zero-order valence-corrected chi connectivity index (χ0v) is 21.5. The monoisotopic (exact) mass is 534 g/mol. The molecule has 1 N–H and O–H groups in total. The largest absolute Gasteiger partial charge is 0.381 e. The Balaban J connectivity index is 0.00000300. The van der Waals surface area contributed by atoms with E-state index in [0.29, 0.717) is 12.0 Å². The van der Waals surface area contributed by atoms with Crippen molar-refractivity contribution in [3.63, 3.8) is 0 Å². The standard InChI is InChI=1S/C22H38N4OS.HI/c1-4-23-22(26(3)13-9-18-10-14-27-15-11-18)24-17-19-7-5-12-25(2)21(19)20-8-6-16-28-20;/h6,8,16,18-19,21H,4-5,7,9-15,17H2,1-3H3,(H,23,24);1H. The van der Waals surface area contributed by atoms with E-state index in [4.69, 9.17) is 9.73 Å². The number of rotatable bonds is 7. The first-order valence-electron chi connectivity index (χ1n) is 11.0. The van der Waals surface area contributed by atoms with Crippen molar-refractivity contribution in [3.8, 4) is 0 Å². The smallest absolute Gasteiger partial charge is 0.193 e. The van der Waals surface area contributed by atoms with Crippen LogP contribution in [0, 0.1) is 11.8 Å². The van der Waals surface area contributed by atoms with Crippen LogP contribution >= 0.6 is 35.3 Å². The number of aliphatic imine (C=N–C) groups is 1. The van der Waals surface area contributed by atoms with Crippen LogP contribution in [0.3, 0.4) is 0 Å². The molecule has 2 atom stereocenters. The number of guanidine groups is 1. The van der Waals surface area contributed by atoms with E-state index in [2.05, 4.69) is 53.6 Å². The number of halogens is 1. The molecule has 2 aliphatic heterocycles. The summed E-state index contributed by atoms with van der Waals surface area (Å²) < 4.78 is 5.49. The van der Waals surface area contributed by atoms with Gasteiger partial charge in [0.05, 0.1) is 0 Å². The number of thiophene rings is 1. The minimum absolute atomic E-state index is 0. The number of nitrogens with zero attached hydrogens (tertiary/aromatic N) is 3. The van der Waals surface area contributed by atoms with Crippen molar-refractivity contribution in [3.05, 3.63) is 22.4 Å². The van der Waals surface area contributed by atoms with Gasteiger partial charge in [0.2, 0.25) is 0 Å². The molecule has 5 nitrogen and oxygen atoms in total. The summed E-state index contributed by atoms with van der Waals surface area (Å²) in [4.78, 5) is 11.4. The molecule has 0 saturated carbocycles. The van der Waals surface area contributed by atoms with Crippen LogP contribution < -0.4 is 5.32 Å². The van der Waals surface area contributed by atoms with Gasteiger partial charge >= 0.3 is 0 Å². The summed E-state index contributed by atoms with van der Waals surface area (Å²) in [6, 6.07) is 4.98. The van der Waals surface area contributed by atoms with Crippen LogP contribution in [0.5, 0.6) is 0 Å². The molecule has 0 bridgehead atoms. The van der Waals surface area contributed by atoms with Crippen LogP contribution in [0.4, 0.5) is 0 Å². The van der Waals surface area contributed by atoms with E-state index in [1.165, 1.54) is 43.5 Å². The van der Waals surface area contributed by atoms with E-state index in [1.807, 2.05) is 11.3 Å². The van der Waals surface area contributed by atoms with Crippen molar-refractivity contribution < 1.29 is 4.74 Å². The quantitative estimate of drug-likeness (QED) is 0.319. The Kier molecular flexibility index (Phi) is 11.3. The Morgan fingerprint density at radius 1 is 1.34 bits per heavy atom. The van der Waals surface area contributed by atoms with Gasteiger partial charge < -0.3 is 15.0 Å². The first-order chi connectivity index (χ1) is 13.7. The second-order valence-corrected chi connectivity index (χ2v) is 9.28. The van der Waals surface area contributed by atoms with Gasteiger partial charge in [-0.2, -0.15) is 0 Å². The average molecular weight is 535 g/mol. The fourth-order valence-corrected chi connectivity index (χ4v) is 5.53. The van der Waals surface area contributed by atoms with Crippen molar-refractivity contribution in [2.45, 2.75) is 45.1 Å². The third-order valence-electron chi connectivity index (χ3n) is 6.23. The number of nitrogens with one attached hydrogen (secondary N) is 1. The first kappa shape index (κ1) is 24.9. The highest BCUT2D eigenvalue weighted by Crippen LogP contribution is 2.37. The Morgan fingerprint density at radius 2 is 2.14 bits per heavy atom. The van der Waals surface area contributed by atoms with Crippen molar-refractivity contribution in [1.29, 1.82) is 0 Å². The Labute approximate surface area is 198 Å². The van der Waals surface area contributed by atoms with Crippen LogP contribution in [0.1, 0.15) is 49.9 Å². The number of hydrogen-bond donors (Lipinski definition) is 1. The highest BCUT2D eigenvalue weighted by Gasteiger charge is 2.31. The van der Waals surface area contributed by atoms with Crippen LogP contribution in [-0.4, -0.2) is 69.2 Å². The first-order valence-corrected chi connectivity index (χ1v) is 11.9. The summed E-state index contributed by atoms with van der Waals surface area (Å²) in [5, 5.41) is 5.71. The lowest BCUT2D eigenvalue weighted by Crippen LogP contribution is -2.41. The average Bonchev–Trinajstić information content (AvgIpc) is 3.24. The van der Waals surface area contributed by atoms with Gasteiger partial charge in [0.25, 0.3) is 0 Å². The van der Waals surface area contributed by atoms with Crippen molar-refractivity contribution in [2.75, 3.05) is 53.5 Å². The van der Waals surface area contributed by atoms with E-state index in [9.17, 15) is 0 Å². The molecule has 166 valence electrons. The number of likely N-dealkylation sites (tertiary alicyclic amines) is 1. The molecule has 1 aromatic rings. The summed E-state index contributed by atoms with van der Waals surface area (Å²) in [5.41, 5.74) is 0. The van der Waals surface area contributed by atoms with Crippen molar-refractivity contribution in [2.24, 2.45) is 16.8 Å². The third kappa shape index (κ3) is 7.36. The van der Waals surface area contributed by atoms with Gasteiger partial charge in [0, 0.05) is 50.8 Å². The normalized spacial score (nSPS) is 24.2. The maximum Gasteiger partial charge on any atom is 0.193 e.